The van der Waals surface area contributed by atoms with E-state index < -0.39 is 0 Å². The molecular weight excluding hydrogens is 314 g/mol. The van der Waals surface area contributed by atoms with Crippen molar-refractivity contribution in [1.29, 1.82) is 5.26 Å². The Morgan fingerprint density at radius 2 is 2.35 bits per heavy atom. The van der Waals surface area contributed by atoms with Crippen molar-refractivity contribution in [3.8, 4) is 6.07 Å². The number of anilines is 1. The molecule has 0 amide bonds. The Morgan fingerprint density at radius 3 is 3.04 bits per heavy atom. The van der Waals surface area contributed by atoms with Crippen molar-refractivity contribution in [3.63, 3.8) is 0 Å². The van der Waals surface area contributed by atoms with Gasteiger partial charge in [0.25, 0.3) is 0 Å². The summed E-state index contributed by atoms with van der Waals surface area (Å²) in [5.74, 6) is 0.775. The minimum Gasteiger partial charge on any atom is -0.353 e. The minimum atomic E-state index is 0.0736. The molecule has 23 heavy (non-hydrogen) atoms. The van der Waals surface area contributed by atoms with Crippen LogP contribution in [0.5, 0.6) is 0 Å². The second-order valence-corrected chi connectivity index (χ2v) is 6.04. The Balaban J connectivity index is 1.78. The van der Waals surface area contributed by atoms with Crippen molar-refractivity contribution >= 4 is 23.2 Å². The molecule has 1 saturated heterocycles. The van der Waals surface area contributed by atoms with E-state index in [1.54, 1.807) is 36.3 Å². The second-order valence-electron chi connectivity index (χ2n) is 5.63. The van der Waals surface area contributed by atoms with Gasteiger partial charge >= 0.3 is 0 Å². The highest BCUT2D eigenvalue weighted by molar-refractivity contribution is 6.31. The van der Waals surface area contributed by atoms with Gasteiger partial charge < -0.3 is 4.90 Å². The van der Waals surface area contributed by atoms with Crippen molar-refractivity contribution in [2.45, 2.75) is 25.3 Å². The largest absolute Gasteiger partial charge is 0.353 e. The molecule has 3 rings (SSSR count). The number of hydrogen-bond donors (Lipinski definition) is 0. The molecule has 7 heteroatoms. The first-order valence-electron chi connectivity index (χ1n) is 7.43. The third-order valence-corrected chi connectivity index (χ3v) is 4.36. The Labute approximate surface area is 139 Å². The Kier molecular flexibility index (Phi) is 4.30. The predicted octanol–water partition coefficient (Wildman–Crippen LogP) is 2.58. The van der Waals surface area contributed by atoms with Gasteiger partial charge in [-0.25, -0.2) is 4.98 Å². The lowest BCUT2D eigenvalue weighted by atomic mass is 10.0. The van der Waals surface area contributed by atoms with Crippen LogP contribution in [0.15, 0.2) is 24.5 Å². The zero-order valence-corrected chi connectivity index (χ0v) is 13.5. The summed E-state index contributed by atoms with van der Waals surface area (Å²) in [6.45, 7) is 0.824. The molecule has 0 bridgehead atoms. The molecule has 1 fully saturated rings. The fourth-order valence-electron chi connectivity index (χ4n) is 2.92. The van der Waals surface area contributed by atoms with Crippen LogP contribution < -0.4 is 4.90 Å². The average Bonchev–Trinajstić information content (AvgIpc) is 3.17. The molecule has 1 atom stereocenters. The quantitative estimate of drug-likeness (QED) is 0.806. The van der Waals surface area contributed by atoms with Gasteiger partial charge in [-0.05, 0) is 25.0 Å². The molecule has 0 aromatic carbocycles. The summed E-state index contributed by atoms with van der Waals surface area (Å²) >= 11 is 5.94. The van der Waals surface area contributed by atoms with E-state index in [0.717, 1.165) is 19.4 Å². The van der Waals surface area contributed by atoms with Gasteiger partial charge in [0, 0.05) is 32.3 Å². The number of halogens is 1. The normalized spacial score (nSPS) is 17.3. The van der Waals surface area contributed by atoms with Crippen LogP contribution in [0.25, 0.3) is 0 Å². The van der Waals surface area contributed by atoms with Crippen molar-refractivity contribution in [2.75, 3.05) is 11.4 Å². The van der Waals surface area contributed by atoms with Crippen LogP contribution in [0.4, 0.5) is 5.82 Å². The third-order valence-electron chi connectivity index (χ3n) is 4.06. The number of carbonyl (C=O) groups excluding carboxylic acids is 1. The number of aromatic nitrogens is 3. The molecule has 0 spiro atoms. The highest BCUT2D eigenvalue weighted by atomic mass is 35.5. The lowest BCUT2D eigenvalue weighted by Gasteiger charge is -2.25. The van der Waals surface area contributed by atoms with Crippen LogP contribution in [0, 0.1) is 11.3 Å². The van der Waals surface area contributed by atoms with E-state index in [4.69, 9.17) is 16.9 Å². The van der Waals surface area contributed by atoms with Gasteiger partial charge in [0.05, 0.1) is 16.8 Å². The molecular formula is C16H16ClN5O. The third kappa shape index (κ3) is 3.20. The number of aryl methyl sites for hydroxylation is 1. The van der Waals surface area contributed by atoms with Crippen LogP contribution in [0.1, 0.15) is 35.3 Å². The number of hydrogen-bond acceptors (Lipinski definition) is 5. The van der Waals surface area contributed by atoms with E-state index >= 15 is 0 Å². The van der Waals surface area contributed by atoms with E-state index in [9.17, 15) is 4.79 Å². The zero-order valence-electron chi connectivity index (χ0n) is 12.7. The zero-order chi connectivity index (χ0) is 16.4. The molecule has 1 aliphatic rings. The predicted molar refractivity (Wildman–Crippen MR) is 86.5 cm³/mol. The number of Topliss-reactive ketones (excluding diaryl/α,β-unsaturated/α-hetero) is 1. The number of ketones is 1. The van der Waals surface area contributed by atoms with Gasteiger partial charge in [-0.2, -0.15) is 10.4 Å². The van der Waals surface area contributed by atoms with E-state index in [1.165, 1.54) is 0 Å². The Hall–Kier alpha value is -2.39. The molecule has 0 saturated carbocycles. The van der Waals surface area contributed by atoms with Crippen LogP contribution >= 0.6 is 11.6 Å². The van der Waals surface area contributed by atoms with Gasteiger partial charge in [0.1, 0.15) is 11.9 Å². The fraction of sp³-hybridized carbons (Fsp3) is 0.375. The number of nitrogens with zero attached hydrogens (tertiary/aromatic N) is 5. The summed E-state index contributed by atoms with van der Waals surface area (Å²) in [4.78, 5) is 18.8. The molecule has 0 aliphatic carbocycles. The lowest BCUT2D eigenvalue weighted by molar-refractivity contribution is 0.0974. The van der Waals surface area contributed by atoms with Crippen LogP contribution in [0.2, 0.25) is 5.02 Å². The first kappa shape index (κ1) is 15.5. The SMILES string of the molecule is Cn1cc(C(=O)CC2CCCN2c2ccc(Cl)c(C#N)n2)cn1. The van der Waals surface area contributed by atoms with E-state index in [1.807, 2.05) is 6.07 Å². The van der Waals surface area contributed by atoms with Gasteiger partial charge in [-0.15, -0.1) is 0 Å². The van der Waals surface area contributed by atoms with Crippen LogP contribution in [-0.4, -0.2) is 33.1 Å². The Morgan fingerprint density at radius 1 is 1.52 bits per heavy atom. The summed E-state index contributed by atoms with van der Waals surface area (Å²) in [5, 5.41) is 13.5. The first-order valence-corrected chi connectivity index (χ1v) is 7.81. The van der Waals surface area contributed by atoms with Gasteiger partial charge in [-0.3, -0.25) is 9.48 Å². The minimum absolute atomic E-state index is 0.0736. The van der Waals surface area contributed by atoms with Crippen LogP contribution in [0.3, 0.4) is 0 Å². The maximum Gasteiger partial charge on any atom is 0.168 e. The molecule has 118 valence electrons. The molecule has 0 N–H and O–H groups in total. The summed E-state index contributed by atoms with van der Waals surface area (Å²) in [7, 11) is 1.79. The molecule has 1 aliphatic heterocycles. The molecule has 2 aromatic rings. The second kappa shape index (κ2) is 6.39. The maximum absolute atomic E-state index is 12.4. The molecule has 2 aromatic heterocycles. The van der Waals surface area contributed by atoms with Gasteiger partial charge in [-0.1, -0.05) is 11.6 Å². The molecule has 3 heterocycles. The van der Waals surface area contributed by atoms with E-state index in [-0.39, 0.29) is 17.5 Å². The smallest absolute Gasteiger partial charge is 0.168 e. The van der Waals surface area contributed by atoms with Crippen LogP contribution in [-0.2, 0) is 7.05 Å². The lowest BCUT2D eigenvalue weighted by Crippen LogP contribution is -2.32. The van der Waals surface area contributed by atoms with Gasteiger partial charge in [0.2, 0.25) is 0 Å². The Bertz CT molecular complexity index is 779. The first-order chi connectivity index (χ1) is 11.1. The van der Waals surface area contributed by atoms with Crippen molar-refractivity contribution in [2.24, 2.45) is 7.05 Å². The highest BCUT2D eigenvalue weighted by Gasteiger charge is 2.28. The number of rotatable bonds is 4. The summed E-state index contributed by atoms with van der Waals surface area (Å²) in [6, 6.07) is 5.56. The highest BCUT2D eigenvalue weighted by Crippen LogP contribution is 2.28. The van der Waals surface area contributed by atoms with Crippen molar-refractivity contribution in [3.05, 3.63) is 40.8 Å². The van der Waals surface area contributed by atoms with Crippen molar-refractivity contribution < 1.29 is 4.79 Å². The number of nitriles is 1. The summed E-state index contributed by atoms with van der Waals surface area (Å²) in [5.41, 5.74) is 0.842. The molecule has 1 unspecified atom stereocenters. The average molecular weight is 330 g/mol. The fourth-order valence-corrected chi connectivity index (χ4v) is 3.06. The summed E-state index contributed by atoms with van der Waals surface area (Å²) < 4.78 is 1.62. The maximum atomic E-state index is 12.4. The molecule has 0 radical (unpaired) electrons. The standard InChI is InChI=1S/C16H16ClN5O/c1-21-10-11(9-19-21)15(23)7-12-3-2-6-22(12)16-5-4-13(17)14(8-18)20-16/h4-5,9-10,12H,2-3,6-7H2,1H3. The van der Waals surface area contributed by atoms with Gasteiger partial charge in [0.15, 0.2) is 11.5 Å². The monoisotopic (exact) mass is 329 g/mol. The number of pyridine rings is 1. The summed E-state index contributed by atoms with van der Waals surface area (Å²) in [6.07, 6.45) is 5.67. The topological polar surface area (TPSA) is 74.8 Å². The number of carbonyl (C=O) groups is 1. The molecule has 6 nitrogen and oxygen atoms in total. The van der Waals surface area contributed by atoms with Crippen molar-refractivity contribution in [1.82, 2.24) is 14.8 Å². The van der Waals surface area contributed by atoms with E-state index in [0.29, 0.717) is 22.8 Å². The van der Waals surface area contributed by atoms with E-state index in [2.05, 4.69) is 15.0 Å².